The van der Waals surface area contributed by atoms with Gasteiger partial charge in [-0.25, -0.2) is 4.98 Å². The first kappa shape index (κ1) is 18.4. The maximum atomic E-state index is 12.8. The molecule has 4 rings (SSSR count). The molecule has 2 aromatic carbocycles. The van der Waals surface area contributed by atoms with E-state index in [1.165, 1.54) is 22.2 Å². The summed E-state index contributed by atoms with van der Waals surface area (Å²) < 4.78 is 1.87. The zero-order chi connectivity index (χ0) is 19.5. The lowest BCUT2D eigenvalue weighted by Gasteiger charge is -2.07. The van der Waals surface area contributed by atoms with Gasteiger partial charge in [0, 0.05) is 16.4 Å². The predicted molar refractivity (Wildman–Crippen MR) is 113 cm³/mol. The van der Waals surface area contributed by atoms with Gasteiger partial charge in [0.15, 0.2) is 0 Å². The summed E-state index contributed by atoms with van der Waals surface area (Å²) in [6.07, 6.45) is 1.42. The minimum atomic E-state index is -0.235. The maximum absolute atomic E-state index is 12.8. The summed E-state index contributed by atoms with van der Waals surface area (Å²) in [7, 11) is 0. The summed E-state index contributed by atoms with van der Waals surface area (Å²) in [5.74, 6) is -0.235. The van der Waals surface area contributed by atoms with Gasteiger partial charge in [-0.3, -0.25) is 14.2 Å². The molecule has 0 unspecified atom stereocenters. The normalized spacial score (nSPS) is 10.9. The monoisotopic (exact) mass is 409 g/mol. The van der Waals surface area contributed by atoms with Gasteiger partial charge in [0.2, 0.25) is 5.91 Å². The van der Waals surface area contributed by atoms with Crippen molar-refractivity contribution in [1.29, 1.82) is 0 Å². The molecule has 4 aromatic rings. The Bertz CT molecular complexity index is 1180. The van der Waals surface area contributed by atoms with E-state index in [0.717, 1.165) is 16.0 Å². The molecule has 28 heavy (non-hydrogen) atoms. The van der Waals surface area contributed by atoms with Crippen molar-refractivity contribution in [2.75, 3.05) is 0 Å². The standard InChI is InChI=1S/C21H16ClN3O2S/c22-16-8-6-15(7-9-16)18-10-17-20(28-18)21(27)25(13-24-17)12-19(26)23-11-14-4-2-1-3-5-14/h1-10,13H,11-12H2,(H,23,26). The lowest BCUT2D eigenvalue weighted by atomic mass is 10.2. The molecule has 2 aromatic heterocycles. The summed E-state index contributed by atoms with van der Waals surface area (Å²) in [5, 5.41) is 3.48. The second-order valence-electron chi connectivity index (χ2n) is 6.27. The molecular weight excluding hydrogens is 394 g/mol. The number of aromatic nitrogens is 2. The number of fused-ring (bicyclic) bond motifs is 1. The van der Waals surface area contributed by atoms with Crippen molar-refractivity contribution in [3.63, 3.8) is 0 Å². The van der Waals surface area contributed by atoms with Crippen LogP contribution < -0.4 is 10.9 Å². The van der Waals surface area contributed by atoms with E-state index in [-0.39, 0.29) is 18.0 Å². The van der Waals surface area contributed by atoms with Crippen LogP contribution in [0.4, 0.5) is 0 Å². The number of hydrogen-bond donors (Lipinski definition) is 1. The molecule has 140 valence electrons. The summed E-state index contributed by atoms with van der Waals surface area (Å²) in [5.41, 5.74) is 2.38. The summed E-state index contributed by atoms with van der Waals surface area (Å²) >= 11 is 7.30. The molecule has 0 bridgehead atoms. The van der Waals surface area contributed by atoms with Gasteiger partial charge >= 0.3 is 0 Å². The fourth-order valence-corrected chi connectivity index (χ4v) is 4.01. The lowest BCUT2D eigenvalue weighted by Crippen LogP contribution is -2.31. The Balaban J connectivity index is 1.53. The van der Waals surface area contributed by atoms with E-state index in [0.29, 0.717) is 21.8 Å². The number of nitrogens with one attached hydrogen (secondary N) is 1. The molecule has 0 aliphatic heterocycles. The first-order chi connectivity index (χ1) is 13.6. The number of hydrogen-bond acceptors (Lipinski definition) is 4. The zero-order valence-corrected chi connectivity index (χ0v) is 16.3. The highest BCUT2D eigenvalue weighted by molar-refractivity contribution is 7.22. The second-order valence-corrected chi connectivity index (χ2v) is 7.76. The van der Waals surface area contributed by atoms with Crippen molar-refractivity contribution < 1.29 is 4.79 Å². The van der Waals surface area contributed by atoms with Crippen LogP contribution in [0.25, 0.3) is 20.7 Å². The van der Waals surface area contributed by atoms with Crippen LogP contribution in [0.3, 0.4) is 0 Å². The third-order valence-electron chi connectivity index (χ3n) is 4.28. The van der Waals surface area contributed by atoms with Crippen LogP contribution in [0.5, 0.6) is 0 Å². The van der Waals surface area contributed by atoms with Gasteiger partial charge in [-0.2, -0.15) is 0 Å². The quantitative estimate of drug-likeness (QED) is 0.539. The van der Waals surface area contributed by atoms with Crippen molar-refractivity contribution >= 4 is 39.1 Å². The fourth-order valence-electron chi connectivity index (χ4n) is 2.82. The Hall–Kier alpha value is -2.96. The highest BCUT2D eigenvalue weighted by Crippen LogP contribution is 2.31. The second kappa shape index (κ2) is 7.96. The fraction of sp³-hybridized carbons (Fsp3) is 0.0952. The van der Waals surface area contributed by atoms with Gasteiger partial charge in [-0.1, -0.05) is 54.1 Å². The van der Waals surface area contributed by atoms with E-state index in [1.807, 2.05) is 60.7 Å². The molecule has 0 atom stereocenters. The minimum absolute atomic E-state index is 0.0667. The van der Waals surface area contributed by atoms with Crippen molar-refractivity contribution in [3.8, 4) is 10.4 Å². The average Bonchev–Trinajstić information content (AvgIpc) is 3.15. The van der Waals surface area contributed by atoms with Crippen LogP contribution in [-0.2, 0) is 17.9 Å². The van der Waals surface area contributed by atoms with Gasteiger partial charge in [0.05, 0.1) is 11.8 Å². The number of nitrogens with zero attached hydrogens (tertiary/aromatic N) is 2. The molecule has 2 heterocycles. The first-order valence-electron chi connectivity index (χ1n) is 8.66. The van der Waals surface area contributed by atoms with Gasteiger partial charge in [-0.05, 0) is 29.3 Å². The highest BCUT2D eigenvalue weighted by Gasteiger charge is 2.12. The SMILES string of the molecule is O=C(Cn1cnc2cc(-c3ccc(Cl)cc3)sc2c1=O)NCc1ccccc1. The third-order valence-corrected chi connectivity index (χ3v) is 5.69. The lowest BCUT2D eigenvalue weighted by molar-refractivity contribution is -0.121. The van der Waals surface area contributed by atoms with Crippen LogP contribution in [0.2, 0.25) is 5.02 Å². The van der Waals surface area contributed by atoms with Crippen molar-refractivity contribution in [1.82, 2.24) is 14.9 Å². The van der Waals surface area contributed by atoms with Crippen LogP contribution in [0.1, 0.15) is 5.56 Å². The van der Waals surface area contributed by atoms with Gasteiger partial charge < -0.3 is 5.32 Å². The largest absolute Gasteiger partial charge is 0.350 e. The predicted octanol–water partition coefficient (Wildman–Crippen LogP) is 4.09. The summed E-state index contributed by atoms with van der Waals surface area (Å²) in [4.78, 5) is 30.3. The smallest absolute Gasteiger partial charge is 0.271 e. The van der Waals surface area contributed by atoms with Crippen LogP contribution in [-0.4, -0.2) is 15.5 Å². The van der Waals surface area contributed by atoms with E-state index >= 15 is 0 Å². The third kappa shape index (κ3) is 3.98. The van der Waals surface area contributed by atoms with E-state index in [1.54, 1.807) is 0 Å². The number of carbonyl (C=O) groups excluding carboxylic acids is 1. The molecule has 0 fully saturated rings. The number of benzene rings is 2. The highest BCUT2D eigenvalue weighted by atomic mass is 35.5. The molecule has 1 N–H and O–H groups in total. The molecule has 0 radical (unpaired) electrons. The van der Waals surface area contributed by atoms with E-state index < -0.39 is 0 Å². The Morgan fingerprint density at radius 3 is 2.61 bits per heavy atom. The van der Waals surface area contributed by atoms with Crippen molar-refractivity contribution in [2.24, 2.45) is 0 Å². The first-order valence-corrected chi connectivity index (χ1v) is 9.85. The van der Waals surface area contributed by atoms with Crippen molar-refractivity contribution in [2.45, 2.75) is 13.1 Å². The molecule has 0 saturated heterocycles. The molecular formula is C21H16ClN3O2S. The van der Waals surface area contributed by atoms with Crippen LogP contribution in [0, 0.1) is 0 Å². The maximum Gasteiger partial charge on any atom is 0.271 e. The number of rotatable bonds is 5. The Labute approximate surface area is 170 Å². The number of thiophene rings is 1. The molecule has 0 spiro atoms. The Kier molecular flexibility index (Phi) is 5.23. The molecule has 7 heteroatoms. The molecule has 0 aliphatic rings. The minimum Gasteiger partial charge on any atom is -0.350 e. The Morgan fingerprint density at radius 1 is 1.11 bits per heavy atom. The average molecular weight is 410 g/mol. The van der Waals surface area contributed by atoms with Gasteiger partial charge in [0.25, 0.3) is 5.56 Å². The van der Waals surface area contributed by atoms with Crippen LogP contribution >= 0.6 is 22.9 Å². The number of amides is 1. The van der Waals surface area contributed by atoms with Gasteiger partial charge in [0.1, 0.15) is 11.2 Å². The molecule has 5 nitrogen and oxygen atoms in total. The zero-order valence-electron chi connectivity index (χ0n) is 14.8. The molecule has 0 aliphatic carbocycles. The number of carbonyl (C=O) groups is 1. The number of halogens is 1. The molecule has 0 saturated carbocycles. The van der Waals surface area contributed by atoms with E-state index in [4.69, 9.17) is 11.6 Å². The summed E-state index contributed by atoms with van der Waals surface area (Å²) in [6.45, 7) is 0.354. The van der Waals surface area contributed by atoms with E-state index in [2.05, 4.69) is 10.3 Å². The van der Waals surface area contributed by atoms with Crippen molar-refractivity contribution in [3.05, 3.63) is 87.9 Å². The van der Waals surface area contributed by atoms with Gasteiger partial charge in [-0.15, -0.1) is 11.3 Å². The Morgan fingerprint density at radius 2 is 1.86 bits per heavy atom. The van der Waals surface area contributed by atoms with E-state index in [9.17, 15) is 9.59 Å². The molecule has 1 amide bonds. The van der Waals surface area contributed by atoms with Crippen LogP contribution in [0.15, 0.2) is 71.8 Å². The summed E-state index contributed by atoms with van der Waals surface area (Å²) in [6, 6.07) is 18.9. The topological polar surface area (TPSA) is 64.0 Å².